The highest BCUT2D eigenvalue weighted by atomic mass is 32.2. The van der Waals surface area contributed by atoms with E-state index in [9.17, 15) is 8.42 Å². The van der Waals surface area contributed by atoms with Gasteiger partial charge in [-0.15, -0.1) is 0 Å². The van der Waals surface area contributed by atoms with Crippen LogP contribution in [0.2, 0.25) is 0 Å². The summed E-state index contributed by atoms with van der Waals surface area (Å²) >= 11 is 0. The van der Waals surface area contributed by atoms with Crippen molar-refractivity contribution in [2.75, 3.05) is 13.4 Å². The van der Waals surface area contributed by atoms with Gasteiger partial charge >= 0.3 is 0 Å². The molecule has 118 valence electrons. The third-order valence-electron chi connectivity index (χ3n) is 3.29. The van der Waals surface area contributed by atoms with E-state index in [4.69, 9.17) is 4.74 Å². The van der Waals surface area contributed by atoms with Gasteiger partial charge < -0.3 is 10.1 Å². The summed E-state index contributed by atoms with van der Waals surface area (Å²) in [4.78, 5) is 0. The molecule has 0 aliphatic heterocycles. The maximum atomic E-state index is 11.3. The lowest BCUT2D eigenvalue weighted by atomic mass is 10.1. The zero-order chi connectivity index (χ0) is 16.0. The lowest BCUT2D eigenvalue weighted by Gasteiger charge is -2.10. The molecule has 1 N–H and O–H groups in total. The summed E-state index contributed by atoms with van der Waals surface area (Å²) in [6, 6.07) is 15.5. The fraction of sp³-hybridized carbons (Fsp3) is 0.294. The van der Waals surface area contributed by atoms with Crippen molar-refractivity contribution in [3.63, 3.8) is 0 Å². The van der Waals surface area contributed by atoms with Gasteiger partial charge in [0.05, 0.1) is 12.9 Å². The van der Waals surface area contributed by atoms with Crippen molar-refractivity contribution in [2.24, 2.45) is 0 Å². The van der Waals surface area contributed by atoms with Gasteiger partial charge in [-0.25, -0.2) is 8.42 Å². The Labute approximate surface area is 132 Å². The summed E-state index contributed by atoms with van der Waals surface area (Å²) in [5.74, 6) is 0.959. The predicted molar refractivity (Wildman–Crippen MR) is 88.5 cm³/mol. The Morgan fingerprint density at radius 3 is 2.23 bits per heavy atom. The molecule has 0 spiro atoms. The number of methoxy groups -OCH3 is 1. The first-order valence-corrected chi connectivity index (χ1v) is 9.12. The van der Waals surface area contributed by atoms with Crippen LogP contribution in [0.25, 0.3) is 0 Å². The van der Waals surface area contributed by atoms with E-state index in [0.29, 0.717) is 0 Å². The molecule has 0 saturated carbocycles. The first-order valence-electron chi connectivity index (χ1n) is 7.06. The number of hydrogen-bond acceptors (Lipinski definition) is 4. The Kier molecular flexibility index (Phi) is 5.57. The second kappa shape index (κ2) is 7.42. The van der Waals surface area contributed by atoms with Crippen molar-refractivity contribution in [1.29, 1.82) is 0 Å². The topological polar surface area (TPSA) is 55.4 Å². The maximum absolute atomic E-state index is 11.3. The van der Waals surface area contributed by atoms with Crippen LogP contribution in [0.5, 0.6) is 5.75 Å². The van der Waals surface area contributed by atoms with E-state index in [1.165, 1.54) is 6.26 Å². The maximum Gasteiger partial charge on any atom is 0.151 e. The molecule has 0 bridgehead atoms. The molecule has 5 heteroatoms. The molecule has 22 heavy (non-hydrogen) atoms. The number of ether oxygens (including phenoxy) is 1. The molecule has 0 saturated heterocycles. The highest BCUT2D eigenvalue weighted by molar-refractivity contribution is 7.89. The van der Waals surface area contributed by atoms with Crippen LogP contribution in [0.3, 0.4) is 0 Å². The van der Waals surface area contributed by atoms with Crippen LogP contribution in [-0.2, 0) is 28.7 Å². The molecule has 0 aliphatic rings. The third kappa shape index (κ3) is 5.16. The van der Waals surface area contributed by atoms with Gasteiger partial charge in [-0.3, -0.25) is 0 Å². The molecule has 2 aromatic carbocycles. The van der Waals surface area contributed by atoms with Crippen LogP contribution in [0.4, 0.5) is 0 Å². The van der Waals surface area contributed by atoms with Crippen molar-refractivity contribution in [3.8, 4) is 5.75 Å². The largest absolute Gasteiger partial charge is 0.496 e. The number of para-hydroxylation sites is 1. The molecule has 2 aromatic rings. The Balaban J connectivity index is 1.89. The van der Waals surface area contributed by atoms with E-state index in [1.807, 2.05) is 48.5 Å². The van der Waals surface area contributed by atoms with Crippen molar-refractivity contribution >= 4 is 9.84 Å². The first-order chi connectivity index (χ1) is 10.5. The zero-order valence-corrected chi connectivity index (χ0v) is 13.7. The molecule has 0 radical (unpaired) electrons. The first kappa shape index (κ1) is 16.5. The summed E-state index contributed by atoms with van der Waals surface area (Å²) in [7, 11) is -1.31. The highest BCUT2D eigenvalue weighted by Crippen LogP contribution is 2.17. The average Bonchev–Trinajstić information content (AvgIpc) is 2.48. The van der Waals surface area contributed by atoms with E-state index in [-0.39, 0.29) is 5.75 Å². The summed E-state index contributed by atoms with van der Waals surface area (Å²) < 4.78 is 27.8. The van der Waals surface area contributed by atoms with Crippen LogP contribution >= 0.6 is 0 Å². The number of nitrogens with one attached hydrogen (secondary N) is 1. The lowest BCUT2D eigenvalue weighted by Crippen LogP contribution is -2.13. The van der Waals surface area contributed by atoms with Crippen LogP contribution < -0.4 is 10.1 Å². The molecule has 0 aromatic heterocycles. The van der Waals surface area contributed by atoms with Crippen LogP contribution in [0.15, 0.2) is 48.5 Å². The van der Waals surface area contributed by atoms with Crippen LogP contribution in [-0.4, -0.2) is 21.8 Å². The van der Waals surface area contributed by atoms with Gasteiger partial charge in [0.25, 0.3) is 0 Å². The van der Waals surface area contributed by atoms with Gasteiger partial charge in [-0.05, 0) is 17.2 Å². The number of hydrogen-bond donors (Lipinski definition) is 1. The molecule has 0 amide bonds. The predicted octanol–water partition coefficient (Wildman–Crippen LogP) is 2.53. The molecule has 0 fully saturated rings. The third-order valence-corrected chi connectivity index (χ3v) is 4.15. The molecule has 0 unspecified atom stereocenters. The van der Waals surface area contributed by atoms with E-state index < -0.39 is 9.84 Å². The second-order valence-corrected chi connectivity index (χ2v) is 7.44. The SMILES string of the molecule is COc1ccccc1CNCc1ccc(CS(C)(=O)=O)cc1. The normalized spacial score (nSPS) is 11.4. The van der Waals surface area contributed by atoms with E-state index in [0.717, 1.165) is 35.5 Å². The van der Waals surface area contributed by atoms with Crippen molar-refractivity contribution in [1.82, 2.24) is 5.32 Å². The van der Waals surface area contributed by atoms with Gasteiger partial charge in [0, 0.05) is 24.9 Å². The Hall–Kier alpha value is -1.85. The molecule has 2 rings (SSSR count). The van der Waals surface area contributed by atoms with Crippen LogP contribution in [0, 0.1) is 0 Å². The van der Waals surface area contributed by atoms with Crippen LogP contribution in [0.1, 0.15) is 16.7 Å². The molecule has 0 atom stereocenters. The Morgan fingerprint density at radius 1 is 0.955 bits per heavy atom. The van der Waals surface area contributed by atoms with Crippen molar-refractivity contribution < 1.29 is 13.2 Å². The average molecular weight is 319 g/mol. The minimum absolute atomic E-state index is 0.0852. The van der Waals surface area contributed by atoms with E-state index in [1.54, 1.807) is 7.11 Å². The molecular weight excluding hydrogens is 298 g/mol. The Bertz CT molecular complexity index is 709. The fourth-order valence-corrected chi connectivity index (χ4v) is 3.04. The summed E-state index contributed by atoms with van der Waals surface area (Å²) in [6.45, 7) is 1.44. The van der Waals surface area contributed by atoms with Gasteiger partial charge in [-0.1, -0.05) is 42.5 Å². The molecule has 0 heterocycles. The standard InChI is InChI=1S/C17H21NO3S/c1-21-17-6-4-3-5-16(17)12-18-11-14-7-9-15(10-8-14)13-22(2,19)20/h3-10,18H,11-13H2,1-2H3. The summed E-state index contributed by atoms with van der Waals surface area (Å²) in [6.07, 6.45) is 1.25. The smallest absolute Gasteiger partial charge is 0.151 e. The molecular formula is C17H21NO3S. The number of sulfone groups is 1. The summed E-state index contributed by atoms with van der Waals surface area (Å²) in [5, 5.41) is 3.36. The lowest BCUT2D eigenvalue weighted by molar-refractivity contribution is 0.407. The summed E-state index contributed by atoms with van der Waals surface area (Å²) in [5.41, 5.74) is 3.04. The molecule has 4 nitrogen and oxygen atoms in total. The number of benzene rings is 2. The quantitative estimate of drug-likeness (QED) is 0.852. The molecule has 0 aliphatic carbocycles. The van der Waals surface area contributed by atoms with Gasteiger partial charge in [0.1, 0.15) is 5.75 Å². The fourth-order valence-electron chi connectivity index (χ4n) is 2.25. The van der Waals surface area contributed by atoms with Crippen molar-refractivity contribution in [2.45, 2.75) is 18.8 Å². The number of rotatable bonds is 7. The Morgan fingerprint density at radius 2 is 1.59 bits per heavy atom. The van der Waals surface area contributed by atoms with Gasteiger partial charge in [0.15, 0.2) is 9.84 Å². The monoisotopic (exact) mass is 319 g/mol. The van der Waals surface area contributed by atoms with E-state index >= 15 is 0 Å². The second-order valence-electron chi connectivity index (χ2n) is 5.30. The van der Waals surface area contributed by atoms with E-state index in [2.05, 4.69) is 5.32 Å². The van der Waals surface area contributed by atoms with Gasteiger partial charge in [0.2, 0.25) is 0 Å². The van der Waals surface area contributed by atoms with Gasteiger partial charge in [-0.2, -0.15) is 0 Å². The highest BCUT2D eigenvalue weighted by Gasteiger charge is 2.04. The zero-order valence-electron chi connectivity index (χ0n) is 12.9. The minimum atomic E-state index is -2.98. The van der Waals surface area contributed by atoms with Crippen molar-refractivity contribution in [3.05, 3.63) is 65.2 Å². The minimum Gasteiger partial charge on any atom is -0.496 e.